The summed E-state index contributed by atoms with van der Waals surface area (Å²) in [6.45, 7) is 6.59. The van der Waals surface area contributed by atoms with E-state index < -0.39 is 0 Å². The molecule has 0 saturated heterocycles. The first-order valence-electron chi connectivity index (χ1n) is 5.66. The highest BCUT2D eigenvalue weighted by atomic mass is 16.5. The zero-order valence-electron chi connectivity index (χ0n) is 9.33. The van der Waals surface area contributed by atoms with Gasteiger partial charge in [-0.1, -0.05) is 18.2 Å². The van der Waals surface area contributed by atoms with Crippen LogP contribution in [0, 0.1) is 6.92 Å². The molecule has 2 rings (SSSR count). The van der Waals surface area contributed by atoms with Crippen LogP contribution in [0.1, 0.15) is 36.3 Å². The van der Waals surface area contributed by atoms with Crippen LogP contribution in [0.2, 0.25) is 0 Å². The van der Waals surface area contributed by atoms with Crippen molar-refractivity contribution in [2.75, 3.05) is 6.61 Å². The third-order valence-corrected chi connectivity index (χ3v) is 2.92. The van der Waals surface area contributed by atoms with Crippen LogP contribution in [0.5, 0.6) is 5.75 Å². The number of hydrogen-bond acceptors (Lipinski definition) is 1. The monoisotopic (exact) mass is 202 g/mol. The van der Waals surface area contributed by atoms with E-state index in [-0.39, 0.29) is 0 Å². The molecule has 1 fully saturated rings. The lowest BCUT2D eigenvalue weighted by Gasteiger charge is -2.11. The lowest BCUT2D eigenvalue weighted by molar-refractivity contribution is 0.322. The van der Waals surface area contributed by atoms with Crippen LogP contribution in [0.4, 0.5) is 0 Å². The number of hydrogen-bond donors (Lipinski definition) is 0. The van der Waals surface area contributed by atoms with Crippen LogP contribution < -0.4 is 4.74 Å². The van der Waals surface area contributed by atoms with E-state index in [1.54, 1.807) is 0 Å². The smallest absolute Gasteiger partial charge is 0.122 e. The molecule has 0 heterocycles. The van der Waals surface area contributed by atoms with Crippen molar-refractivity contribution in [3.63, 3.8) is 0 Å². The Hall–Kier alpha value is -1.24. The van der Waals surface area contributed by atoms with Gasteiger partial charge in [-0.15, -0.1) is 6.58 Å². The highest BCUT2D eigenvalue weighted by molar-refractivity contribution is 5.42. The van der Waals surface area contributed by atoms with Gasteiger partial charge in [0.2, 0.25) is 0 Å². The minimum atomic E-state index is 0.735. The maximum Gasteiger partial charge on any atom is 0.122 e. The Labute approximate surface area is 91.8 Å². The van der Waals surface area contributed by atoms with Gasteiger partial charge in [0, 0.05) is 0 Å². The van der Waals surface area contributed by atoms with Gasteiger partial charge in [-0.25, -0.2) is 0 Å². The van der Waals surface area contributed by atoms with Crippen LogP contribution in [0.15, 0.2) is 30.9 Å². The van der Waals surface area contributed by atoms with Gasteiger partial charge in [0.05, 0.1) is 6.61 Å². The van der Waals surface area contributed by atoms with Crippen LogP contribution in [0.3, 0.4) is 0 Å². The van der Waals surface area contributed by atoms with Crippen molar-refractivity contribution in [1.82, 2.24) is 0 Å². The van der Waals surface area contributed by atoms with E-state index in [4.69, 9.17) is 4.74 Å². The van der Waals surface area contributed by atoms with E-state index in [2.05, 4.69) is 31.7 Å². The van der Waals surface area contributed by atoms with E-state index in [1.807, 2.05) is 6.08 Å². The zero-order valence-corrected chi connectivity index (χ0v) is 9.33. The second-order valence-corrected chi connectivity index (χ2v) is 4.17. The van der Waals surface area contributed by atoms with Gasteiger partial charge in [-0.05, 0) is 49.3 Å². The normalized spacial score (nSPS) is 15.0. The lowest BCUT2D eigenvalue weighted by atomic mass is 10.0. The maximum absolute atomic E-state index is 5.72. The molecule has 1 aromatic carbocycles. The summed E-state index contributed by atoms with van der Waals surface area (Å²) >= 11 is 0. The Bertz CT molecular complexity index is 350. The van der Waals surface area contributed by atoms with Crippen molar-refractivity contribution in [2.24, 2.45) is 0 Å². The molecule has 1 aromatic rings. The summed E-state index contributed by atoms with van der Waals surface area (Å²) in [5.74, 6) is 1.84. The van der Waals surface area contributed by atoms with Gasteiger partial charge in [-0.2, -0.15) is 0 Å². The van der Waals surface area contributed by atoms with Crippen LogP contribution >= 0.6 is 0 Å². The molecule has 0 spiro atoms. The van der Waals surface area contributed by atoms with Crippen molar-refractivity contribution < 1.29 is 4.74 Å². The van der Waals surface area contributed by atoms with Crippen molar-refractivity contribution in [1.29, 1.82) is 0 Å². The summed E-state index contributed by atoms with van der Waals surface area (Å²) < 4.78 is 5.72. The quantitative estimate of drug-likeness (QED) is 0.521. The zero-order chi connectivity index (χ0) is 10.7. The highest BCUT2D eigenvalue weighted by Gasteiger charge is 2.25. The van der Waals surface area contributed by atoms with E-state index in [0.29, 0.717) is 0 Å². The Kier molecular flexibility index (Phi) is 3.10. The fourth-order valence-corrected chi connectivity index (χ4v) is 1.88. The molecule has 0 atom stereocenters. The highest BCUT2D eigenvalue weighted by Crippen LogP contribution is 2.43. The Morgan fingerprint density at radius 3 is 2.93 bits per heavy atom. The van der Waals surface area contributed by atoms with Crippen molar-refractivity contribution in [2.45, 2.75) is 32.1 Å². The third-order valence-electron chi connectivity index (χ3n) is 2.92. The SMILES string of the molecule is C=CCCOc1cccc(C2CC2)c1C. The molecular formula is C14H18O. The number of rotatable bonds is 5. The molecule has 1 aliphatic rings. The lowest BCUT2D eigenvalue weighted by Crippen LogP contribution is -1.99. The van der Waals surface area contributed by atoms with E-state index in [1.165, 1.54) is 24.0 Å². The molecule has 15 heavy (non-hydrogen) atoms. The van der Waals surface area contributed by atoms with Crippen molar-refractivity contribution >= 4 is 0 Å². The summed E-state index contributed by atoms with van der Waals surface area (Å²) in [6.07, 6.45) is 5.49. The Balaban J connectivity index is 2.09. The molecule has 0 N–H and O–H groups in total. The first kappa shape index (κ1) is 10.3. The van der Waals surface area contributed by atoms with Crippen molar-refractivity contribution in [3.8, 4) is 5.75 Å². The summed E-state index contributed by atoms with van der Waals surface area (Å²) in [6, 6.07) is 6.39. The minimum Gasteiger partial charge on any atom is -0.493 e. The molecule has 0 amide bonds. The second-order valence-electron chi connectivity index (χ2n) is 4.17. The van der Waals surface area contributed by atoms with Gasteiger partial charge in [0.1, 0.15) is 5.75 Å². The standard InChI is InChI=1S/C14H18O/c1-3-4-10-15-14-7-5-6-13(11(14)2)12-8-9-12/h3,5-7,12H,1,4,8-10H2,2H3. The predicted molar refractivity (Wildman–Crippen MR) is 63.5 cm³/mol. The largest absolute Gasteiger partial charge is 0.493 e. The van der Waals surface area contributed by atoms with Gasteiger partial charge >= 0.3 is 0 Å². The minimum absolute atomic E-state index is 0.735. The summed E-state index contributed by atoms with van der Waals surface area (Å²) in [5, 5.41) is 0. The molecule has 80 valence electrons. The maximum atomic E-state index is 5.72. The van der Waals surface area contributed by atoms with Crippen LogP contribution in [-0.2, 0) is 0 Å². The van der Waals surface area contributed by atoms with E-state index in [0.717, 1.165) is 24.7 Å². The van der Waals surface area contributed by atoms with E-state index in [9.17, 15) is 0 Å². The van der Waals surface area contributed by atoms with Crippen molar-refractivity contribution in [3.05, 3.63) is 42.0 Å². The Morgan fingerprint density at radius 1 is 1.47 bits per heavy atom. The summed E-state index contributed by atoms with van der Waals surface area (Å²) in [5.41, 5.74) is 2.80. The average molecular weight is 202 g/mol. The van der Waals surface area contributed by atoms with Crippen LogP contribution in [0.25, 0.3) is 0 Å². The molecular weight excluding hydrogens is 184 g/mol. The number of ether oxygens (including phenoxy) is 1. The molecule has 0 bridgehead atoms. The first-order chi connectivity index (χ1) is 7.33. The molecule has 0 aromatic heterocycles. The van der Waals surface area contributed by atoms with Gasteiger partial charge < -0.3 is 4.74 Å². The van der Waals surface area contributed by atoms with Crippen LogP contribution in [-0.4, -0.2) is 6.61 Å². The van der Waals surface area contributed by atoms with Gasteiger partial charge in [-0.3, -0.25) is 0 Å². The second kappa shape index (κ2) is 4.52. The predicted octanol–water partition coefficient (Wildman–Crippen LogP) is 3.83. The molecule has 1 aliphatic carbocycles. The fraction of sp³-hybridized carbons (Fsp3) is 0.429. The van der Waals surface area contributed by atoms with E-state index >= 15 is 0 Å². The topological polar surface area (TPSA) is 9.23 Å². The third kappa shape index (κ3) is 2.41. The molecule has 0 radical (unpaired) electrons. The fourth-order valence-electron chi connectivity index (χ4n) is 1.88. The first-order valence-corrected chi connectivity index (χ1v) is 5.66. The summed E-state index contributed by atoms with van der Waals surface area (Å²) in [4.78, 5) is 0. The van der Waals surface area contributed by atoms with Gasteiger partial charge in [0.25, 0.3) is 0 Å². The molecule has 1 nitrogen and oxygen atoms in total. The molecule has 1 saturated carbocycles. The summed E-state index contributed by atoms with van der Waals surface area (Å²) in [7, 11) is 0. The van der Waals surface area contributed by atoms with Gasteiger partial charge in [0.15, 0.2) is 0 Å². The molecule has 0 aliphatic heterocycles. The Morgan fingerprint density at radius 2 is 2.27 bits per heavy atom. The number of benzene rings is 1. The molecule has 1 heteroatoms. The average Bonchev–Trinajstić information content (AvgIpc) is 3.05. The molecule has 0 unspecified atom stereocenters.